The fourth-order valence-electron chi connectivity index (χ4n) is 0. The molecule has 0 unspecified atom stereocenters. The van der Waals surface area contributed by atoms with Gasteiger partial charge in [-0.1, -0.05) is 0 Å². The molecule has 0 aromatic carbocycles. The number of aliphatic carboxylic acids is 1. The van der Waals surface area contributed by atoms with E-state index in [1.54, 1.807) is 0 Å². The topological polar surface area (TPSA) is 63.6 Å². The third-order valence-corrected chi connectivity index (χ3v) is 0.357. The van der Waals surface area contributed by atoms with E-state index < -0.39 is 11.9 Å². The second-order valence-electron chi connectivity index (χ2n) is 1.07. The third kappa shape index (κ3) is 104. The first-order valence-electron chi connectivity index (χ1n) is 1.96. The van der Waals surface area contributed by atoms with E-state index in [1.165, 1.54) is 6.92 Å². The van der Waals surface area contributed by atoms with Crippen LogP contribution in [0.1, 0.15) is 13.8 Å². The van der Waals surface area contributed by atoms with E-state index in [2.05, 4.69) is 20.2 Å². The van der Waals surface area contributed by atoms with Crippen molar-refractivity contribution >= 4 is 11.9 Å². The van der Waals surface area contributed by atoms with Gasteiger partial charge in [0.1, 0.15) is 0 Å². The molecule has 0 aromatic heterocycles. The molecule has 0 radical (unpaired) electrons. The van der Waals surface area contributed by atoms with E-state index in [4.69, 9.17) is 9.90 Å². The fraction of sp³-hybridized carbons (Fsp3) is 0.500. The Morgan fingerprint density at radius 2 is 1.56 bits per heavy atom. The van der Waals surface area contributed by atoms with Gasteiger partial charge in [0.15, 0.2) is 0 Å². The van der Waals surface area contributed by atoms with Gasteiger partial charge in [-0.15, -0.1) is 0 Å². The minimum absolute atomic E-state index is 0.440. The van der Waals surface area contributed by atoms with Crippen molar-refractivity contribution in [2.45, 2.75) is 13.8 Å². The van der Waals surface area contributed by atoms with Crippen LogP contribution in [0.2, 0.25) is 0 Å². The quantitative estimate of drug-likeness (QED) is 0.540. The minimum atomic E-state index is -0.833. The van der Waals surface area contributed by atoms with Gasteiger partial charge in [0.2, 0.25) is 0 Å². The molecule has 9 heavy (non-hydrogen) atoms. The van der Waals surface area contributed by atoms with E-state index in [-0.39, 0.29) is 0 Å². The second-order valence-corrected chi connectivity index (χ2v) is 1.26. The maximum atomic E-state index is 9.48. The average molecular weight is 183 g/mol. The summed E-state index contributed by atoms with van der Waals surface area (Å²) in [5, 5.41) is 7.42. The summed E-state index contributed by atoms with van der Waals surface area (Å²) in [6, 6.07) is 0. The molecule has 1 N–H and O–H groups in total. The van der Waals surface area contributed by atoms with E-state index in [0.29, 0.717) is 0 Å². The SMILES string of the molecule is CC(=O)O.CC(=O)[O][Cu]. The molecule has 0 atom stereocenters. The zero-order valence-corrected chi connectivity index (χ0v) is 5.92. The first-order valence-corrected chi connectivity index (χ1v) is 2.34. The van der Waals surface area contributed by atoms with Gasteiger partial charge in [0, 0.05) is 6.92 Å². The number of carbonyl (C=O) groups is 2. The molecule has 0 aliphatic rings. The Kier molecular flexibility index (Phi) is 9.35. The Balaban J connectivity index is 0. The van der Waals surface area contributed by atoms with Crippen molar-refractivity contribution in [1.82, 2.24) is 0 Å². The molecule has 0 bridgehead atoms. The van der Waals surface area contributed by atoms with Gasteiger partial charge in [-0.05, 0) is 0 Å². The number of carboxylic acid groups (broad SMARTS) is 1. The summed E-state index contributed by atoms with van der Waals surface area (Å²) in [5.41, 5.74) is 0. The summed E-state index contributed by atoms with van der Waals surface area (Å²) in [6.07, 6.45) is 0. The van der Waals surface area contributed by atoms with Gasteiger partial charge in [-0.3, -0.25) is 4.79 Å². The normalized spacial score (nSPS) is 6.67. The zero-order valence-electron chi connectivity index (χ0n) is 4.97. The van der Waals surface area contributed by atoms with Gasteiger partial charge in [-0.25, -0.2) is 0 Å². The van der Waals surface area contributed by atoms with Gasteiger partial charge in [0.25, 0.3) is 5.97 Å². The Labute approximate surface area is 61.3 Å². The number of carboxylic acids is 1. The van der Waals surface area contributed by atoms with Crippen molar-refractivity contribution in [1.29, 1.82) is 0 Å². The van der Waals surface area contributed by atoms with Crippen LogP contribution in [-0.2, 0) is 29.8 Å². The Hall–Kier alpha value is -0.541. The van der Waals surface area contributed by atoms with Gasteiger partial charge < -0.3 is 5.11 Å². The first-order chi connectivity index (χ1) is 4.00. The molecule has 0 fully saturated rings. The zero-order chi connectivity index (χ0) is 7.86. The molecular formula is C4H7CuO4. The van der Waals surface area contributed by atoms with E-state index >= 15 is 0 Å². The van der Waals surface area contributed by atoms with Gasteiger partial charge in [-0.2, -0.15) is 0 Å². The number of rotatable bonds is 0. The van der Waals surface area contributed by atoms with Crippen LogP contribution < -0.4 is 0 Å². The molecule has 5 heteroatoms. The molecule has 0 heterocycles. The summed E-state index contributed by atoms with van der Waals surface area (Å²) < 4.78 is 3.67. The van der Waals surface area contributed by atoms with Crippen LogP contribution in [0.25, 0.3) is 0 Å². The van der Waals surface area contributed by atoms with Gasteiger partial charge in [0.05, 0.1) is 0 Å². The molecule has 0 amide bonds. The van der Waals surface area contributed by atoms with Crippen LogP contribution in [0.4, 0.5) is 0 Å². The molecule has 0 saturated heterocycles. The molecule has 0 aliphatic heterocycles. The molecule has 0 spiro atoms. The van der Waals surface area contributed by atoms with Crippen molar-refractivity contribution in [3.8, 4) is 0 Å². The third-order valence-electron chi connectivity index (χ3n) is 0.0867. The summed E-state index contributed by atoms with van der Waals surface area (Å²) in [7, 11) is 0. The van der Waals surface area contributed by atoms with Crippen LogP contribution in [0, 0.1) is 0 Å². The van der Waals surface area contributed by atoms with E-state index in [9.17, 15) is 4.79 Å². The predicted octanol–water partition coefficient (Wildman–Crippen LogP) is 0.102. The van der Waals surface area contributed by atoms with Crippen LogP contribution >= 0.6 is 0 Å². The first kappa shape index (κ1) is 11.3. The summed E-state index contributed by atoms with van der Waals surface area (Å²) >= 11 is 3.95. The Bertz CT molecular complexity index is 96.7. The molecule has 0 saturated carbocycles. The standard InChI is InChI=1S/2C2H4O2.Cu/c2*1-2(3)4;/h2*1H3,(H,3,4);/q;;+1/p-1. The molecular weight excluding hydrogens is 176 g/mol. The maximum absolute atomic E-state index is 9.48. The molecule has 58 valence electrons. The molecule has 0 aromatic rings. The van der Waals surface area contributed by atoms with Crippen LogP contribution in [0.15, 0.2) is 0 Å². The number of hydrogen-bond donors (Lipinski definition) is 1. The predicted molar refractivity (Wildman–Crippen MR) is 25.1 cm³/mol. The van der Waals surface area contributed by atoms with Crippen molar-refractivity contribution in [3.63, 3.8) is 0 Å². The summed E-state index contributed by atoms with van der Waals surface area (Å²) in [5.74, 6) is -1.27. The van der Waals surface area contributed by atoms with Crippen LogP contribution in [0.3, 0.4) is 0 Å². The molecule has 4 nitrogen and oxygen atoms in total. The fourth-order valence-corrected chi connectivity index (χ4v) is 0. The number of carbonyl (C=O) groups excluding carboxylic acids is 1. The summed E-state index contributed by atoms with van der Waals surface area (Å²) in [4.78, 5) is 18.5. The van der Waals surface area contributed by atoms with E-state index in [1.807, 2.05) is 0 Å². The number of hydrogen-bond acceptors (Lipinski definition) is 3. The molecule has 0 rings (SSSR count). The van der Waals surface area contributed by atoms with Crippen LogP contribution in [-0.4, -0.2) is 17.0 Å². The van der Waals surface area contributed by atoms with Crippen molar-refractivity contribution in [2.24, 2.45) is 0 Å². The second kappa shape index (κ2) is 7.46. The van der Waals surface area contributed by atoms with Crippen LogP contribution in [0.5, 0.6) is 0 Å². The van der Waals surface area contributed by atoms with Gasteiger partial charge >= 0.3 is 37.8 Å². The van der Waals surface area contributed by atoms with Crippen molar-refractivity contribution < 1.29 is 34.9 Å². The Morgan fingerprint density at radius 1 is 1.44 bits per heavy atom. The average Bonchev–Trinajstić information content (AvgIpc) is 1.65. The Morgan fingerprint density at radius 3 is 1.56 bits per heavy atom. The van der Waals surface area contributed by atoms with E-state index in [0.717, 1.165) is 6.92 Å². The van der Waals surface area contributed by atoms with Crippen molar-refractivity contribution in [2.75, 3.05) is 0 Å². The molecule has 0 aliphatic carbocycles. The monoisotopic (exact) mass is 182 g/mol. The summed E-state index contributed by atoms with van der Waals surface area (Å²) in [6.45, 7) is 2.34. The van der Waals surface area contributed by atoms with Crippen molar-refractivity contribution in [3.05, 3.63) is 0 Å².